The van der Waals surface area contributed by atoms with Gasteiger partial charge in [-0.3, -0.25) is 4.79 Å². The monoisotopic (exact) mass is 333 g/mol. The molecule has 0 fully saturated rings. The van der Waals surface area contributed by atoms with Gasteiger partial charge in [-0.05, 0) is 36.8 Å². The Morgan fingerprint density at radius 2 is 1.95 bits per heavy atom. The molecule has 1 atom stereocenters. The summed E-state index contributed by atoms with van der Waals surface area (Å²) in [4.78, 5) is 11.8. The predicted octanol–water partition coefficient (Wildman–Crippen LogP) is 3.71. The van der Waals surface area contributed by atoms with Crippen molar-refractivity contribution < 1.29 is 9.53 Å². The minimum atomic E-state index is -0.138. The van der Waals surface area contributed by atoms with Crippen molar-refractivity contribution in [3.8, 4) is 5.75 Å². The molecule has 0 saturated carbocycles. The first-order valence-electron chi connectivity index (χ1n) is 6.38. The lowest BCUT2D eigenvalue weighted by molar-refractivity contribution is -0.123. The number of carbonyl (C=O) groups excluding carboxylic acids is 1. The van der Waals surface area contributed by atoms with Gasteiger partial charge in [-0.2, -0.15) is 0 Å². The molecule has 0 unspecified atom stereocenters. The Balaban J connectivity index is 1.85. The number of para-hydroxylation sites is 1. The van der Waals surface area contributed by atoms with Gasteiger partial charge >= 0.3 is 0 Å². The first-order chi connectivity index (χ1) is 9.65. The van der Waals surface area contributed by atoms with Crippen molar-refractivity contribution in [1.29, 1.82) is 0 Å². The number of hydrogen-bond acceptors (Lipinski definition) is 2. The number of amides is 1. The quantitative estimate of drug-likeness (QED) is 0.905. The van der Waals surface area contributed by atoms with Crippen molar-refractivity contribution in [2.75, 3.05) is 6.61 Å². The number of rotatable bonds is 5. The fourth-order valence-corrected chi connectivity index (χ4v) is 2.22. The molecule has 2 aromatic rings. The van der Waals surface area contributed by atoms with E-state index in [2.05, 4.69) is 21.2 Å². The van der Waals surface area contributed by atoms with E-state index in [1.165, 1.54) is 0 Å². The Labute approximate surface area is 127 Å². The maximum Gasteiger partial charge on any atom is 0.258 e. The highest BCUT2D eigenvalue weighted by Gasteiger charge is 2.10. The van der Waals surface area contributed by atoms with E-state index in [9.17, 15) is 4.79 Å². The van der Waals surface area contributed by atoms with Crippen LogP contribution >= 0.6 is 15.9 Å². The lowest BCUT2D eigenvalue weighted by atomic mass is 10.1. The molecule has 2 aromatic carbocycles. The Bertz CT molecular complexity index is 572. The Kier molecular flexibility index (Phi) is 5.18. The summed E-state index contributed by atoms with van der Waals surface area (Å²) in [5.41, 5.74) is 1.05. The summed E-state index contributed by atoms with van der Waals surface area (Å²) < 4.78 is 6.40. The molecule has 1 amide bonds. The molecule has 4 heteroatoms. The number of nitrogens with one attached hydrogen (secondary N) is 1. The Morgan fingerprint density at radius 3 is 2.65 bits per heavy atom. The summed E-state index contributed by atoms with van der Waals surface area (Å²) in [7, 11) is 0. The SMILES string of the molecule is C[C@@H](NC(=O)COc1ccccc1)c1cccc(Br)c1. The lowest BCUT2D eigenvalue weighted by Crippen LogP contribution is -2.31. The fraction of sp³-hybridized carbons (Fsp3) is 0.188. The Morgan fingerprint density at radius 1 is 1.20 bits per heavy atom. The highest BCUT2D eigenvalue weighted by molar-refractivity contribution is 9.10. The third-order valence-electron chi connectivity index (χ3n) is 2.84. The normalized spacial score (nSPS) is 11.7. The molecule has 1 N–H and O–H groups in total. The summed E-state index contributed by atoms with van der Waals surface area (Å²) >= 11 is 3.42. The molecule has 2 rings (SSSR count). The van der Waals surface area contributed by atoms with Crippen LogP contribution in [0.1, 0.15) is 18.5 Å². The molecule has 0 bridgehead atoms. The molecule has 0 spiro atoms. The second-order valence-electron chi connectivity index (χ2n) is 4.45. The van der Waals surface area contributed by atoms with Gasteiger partial charge in [-0.15, -0.1) is 0 Å². The van der Waals surface area contributed by atoms with Crippen molar-refractivity contribution in [1.82, 2.24) is 5.32 Å². The van der Waals surface area contributed by atoms with Crippen LogP contribution in [-0.2, 0) is 4.79 Å². The van der Waals surface area contributed by atoms with Crippen molar-refractivity contribution in [2.45, 2.75) is 13.0 Å². The fourth-order valence-electron chi connectivity index (χ4n) is 1.81. The molecular weight excluding hydrogens is 318 g/mol. The van der Waals surface area contributed by atoms with E-state index in [0.29, 0.717) is 5.75 Å². The summed E-state index contributed by atoms with van der Waals surface area (Å²) in [6.07, 6.45) is 0. The van der Waals surface area contributed by atoms with E-state index in [0.717, 1.165) is 10.0 Å². The van der Waals surface area contributed by atoms with Gasteiger partial charge in [0.1, 0.15) is 5.75 Å². The summed E-state index contributed by atoms with van der Waals surface area (Å²) in [5.74, 6) is 0.555. The van der Waals surface area contributed by atoms with Crippen LogP contribution in [0.5, 0.6) is 5.75 Å². The standard InChI is InChI=1S/C16H16BrNO2/c1-12(13-6-5-7-14(17)10-13)18-16(19)11-20-15-8-3-2-4-9-15/h2-10,12H,11H2,1H3,(H,18,19)/t12-/m1/s1. The first kappa shape index (κ1) is 14.6. The predicted molar refractivity (Wildman–Crippen MR) is 82.6 cm³/mol. The minimum absolute atomic E-state index is 0.0162. The smallest absolute Gasteiger partial charge is 0.258 e. The number of benzene rings is 2. The van der Waals surface area contributed by atoms with Crippen LogP contribution < -0.4 is 10.1 Å². The zero-order chi connectivity index (χ0) is 14.4. The first-order valence-corrected chi connectivity index (χ1v) is 7.17. The lowest BCUT2D eigenvalue weighted by Gasteiger charge is -2.15. The summed E-state index contributed by atoms with van der Waals surface area (Å²) in [6.45, 7) is 1.96. The number of ether oxygens (including phenoxy) is 1. The van der Waals surface area contributed by atoms with Gasteiger partial charge in [0.25, 0.3) is 5.91 Å². The topological polar surface area (TPSA) is 38.3 Å². The van der Waals surface area contributed by atoms with Gasteiger partial charge in [0, 0.05) is 4.47 Å². The molecular formula is C16H16BrNO2. The van der Waals surface area contributed by atoms with Gasteiger partial charge in [-0.1, -0.05) is 46.3 Å². The van der Waals surface area contributed by atoms with E-state index in [4.69, 9.17) is 4.74 Å². The third kappa shape index (κ3) is 4.38. The highest BCUT2D eigenvalue weighted by Crippen LogP contribution is 2.17. The van der Waals surface area contributed by atoms with Crippen LogP contribution in [0.3, 0.4) is 0 Å². The van der Waals surface area contributed by atoms with Crippen LogP contribution in [0.15, 0.2) is 59.1 Å². The van der Waals surface area contributed by atoms with Gasteiger partial charge in [0.2, 0.25) is 0 Å². The van der Waals surface area contributed by atoms with Crippen LogP contribution in [0.4, 0.5) is 0 Å². The van der Waals surface area contributed by atoms with Gasteiger partial charge < -0.3 is 10.1 Å². The van der Waals surface area contributed by atoms with Crippen LogP contribution in [0, 0.1) is 0 Å². The van der Waals surface area contributed by atoms with Crippen molar-refractivity contribution in [2.24, 2.45) is 0 Å². The maximum absolute atomic E-state index is 11.8. The van der Waals surface area contributed by atoms with Crippen LogP contribution in [-0.4, -0.2) is 12.5 Å². The zero-order valence-electron chi connectivity index (χ0n) is 11.2. The molecule has 0 aliphatic rings. The number of carbonyl (C=O) groups is 1. The molecule has 0 radical (unpaired) electrons. The van der Waals surface area contributed by atoms with Gasteiger partial charge in [-0.25, -0.2) is 0 Å². The molecule has 20 heavy (non-hydrogen) atoms. The third-order valence-corrected chi connectivity index (χ3v) is 3.33. The number of hydrogen-bond donors (Lipinski definition) is 1. The number of halogens is 1. The largest absolute Gasteiger partial charge is 0.484 e. The second kappa shape index (κ2) is 7.10. The van der Waals surface area contributed by atoms with E-state index in [1.54, 1.807) is 0 Å². The average Bonchev–Trinajstić information content (AvgIpc) is 2.46. The van der Waals surface area contributed by atoms with Gasteiger partial charge in [0.15, 0.2) is 6.61 Å². The van der Waals surface area contributed by atoms with Crippen molar-refractivity contribution >= 4 is 21.8 Å². The average molecular weight is 334 g/mol. The molecule has 0 aliphatic heterocycles. The van der Waals surface area contributed by atoms with Gasteiger partial charge in [0.05, 0.1) is 6.04 Å². The van der Waals surface area contributed by atoms with E-state index < -0.39 is 0 Å². The highest BCUT2D eigenvalue weighted by atomic mass is 79.9. The molecule has 0 heterocycles. The second-order valence-corrected chi connectivity index (χ2v) is 5.36. The zero-order valence-corrected chi connectivity index (χ0v) is 12.8. The molecule has 0 saturated heterocycles. The van der Waals surface area contributed by atoms with E-state index >= 15 is 0 Å². The maximum atomic E-state index is 11.8. The summed E-state index contributed by atoms with van der Waals surface area (Å²) in [5, 5.41) is 2.91. The molecule has 0 aliphatic carbocycles. The minimum Gasteiger partial charge on any atom is -0.484 e. The Hall–Kier alpha value is -1.81. The summed E-state index contributed by atoms with van der Waals surface area (Å²) in [6, 6.07) is 17.1. The van der Waals surface area contributed by atoms with Crippen molar-refractivity contribution in [3.63, 3.8) is 0 Å². The van der Waals surface area contributed by atoms with E-state index in [1.807, 2.05) is 61.5 Å². The van der Waals surface area contributed by atoms with Crippen LogP contribution in [0.25, 0.3) is 0 Å². The van der Waals surface area contributed by atoms with Crippen LogP contribution in [0.2, 0.25) is 0 Å². The molecule has 3 nitrogen and oxygen atoms in total. The molecule has 104 valence electrons. The molecule has 0 aromatic heterocycles. The van der Waals surface area contributed by atoms with E-state index in [-0.39, 0.29) is 18.6 Å². The van der Waals surface area contributed by atoms with Crippen molar-refractivity contribution in [3.05, 3.63) is 64.6 Å².